The third-order valence-electron chi connectivity index (χ3n) is 5.57. The van der Waals surface area contributed by atoms with E-state index in [4.69, 9.17) is 9.47 Å². The van der Waals surface area contributed by atoms with E-state index in [0.717, 1.165) is 37.3 Å². The predicted molar refractivity (Wildman–Crippen MR) is 131 cm³/mol. The molecule has 5 nitrogen and oxygen atoms in total. The Morgan fingerprint density at radius 1 is 0.742 bits per heavy atom. The van der Waals surface area contributed by atoms with Gasteiger partial charge in [0, 0.05) is 12.7 Å². The van der Waals surface area contributed by atoms with Gasteiger partial charge in [0.25, 0.3) is 0 Å². The number of carbonyl (C=O) groups excluding carboxylic acids is 1. The SMILES string of the molecule is CCCCCCOC(=O)N(C)c1ccc(OCCCCCCN(C)CCCCC)cc1. The molecule has 1 rings (SSSR count). The second-order valence-corrected chi connectivity index (χ2v) is 8.50. The predicted octanol–water partition coefficient (Wildman–Crippen LogP) is 6.90. The molecule has 0 unspecified atom stereocenters. The highest BCUT2D eigenvalue weighted by Gasteiger charge is 2.12. The van der Waals surface area contributed by atoms with Crippen molar-refractivity contribution in [2.75, 3.05) is 45.3 Å². The van der Waals surface area contributed by atoms with Crippen LogP contribution in [0.3, 0.4) is 0 Å². The van der Waals surface area contributed by atoms with Crippen LogP contribution in [-0.4, -0.2) is 51.4 Å². The molecule has 0 fully saturated rings. The number of ether oxygens (including phenoxy) is 2. The van der Waals surface area contributed by atoms with Gasteiger partial charge in [-0.05, 0) is 70.1 Å². The van der Waals surface area contributed by atoms with E-state index >= 15 is 0 Å². The van der Waals surface area contributed by atoms with Crippen LogP contribution in [0.25, 0.3) is 0 Å². The summed E-state index contributed by atoms with van der Waals surface area (Å²) in [7, 11) is 3.97. The summed E-state index contributed by atoms with van der Waals surface area (Å²) in [6, 6.07) is 7.65. The van der Waals surface area contributed by atoms with Crippen molar-refractivity contribution in [3.63, 3.8) is 0 Å². The van der Waals surface area contributed by atoms with Gasteiger partial charge in [0.05, 0.1) is 13.2 Å². The molecule has 0 heterocycles. The number of benzene rings is 1. The summed E-state index contributed by atoms with van der Waals surface area (Å²) in [6.45, 7) is 8.06. The van der Waals surface area contributed by atoms with E-state index < -0.39 is 0 Å². The van der Waals surface area contributed by atoms with Gasteiger partial charge in [-0.15, -0.1) is 0 Å². The number of carbonyl (C=O) groups is 1. The Morgan fingerprint density at radius 2 is 1.29 bits per heavy atom. The zero-order chi connectivity index (χ0) is 22.7. The van der Waals surface area contributed by atoms with Gasteiger partial charge in [-0.2, -0.15) is 0 Å². The Kier molecular flexibility index (Phi) is 15.7. The van der Waals surface area contributed by atoms with Gasteiger partial charge >= 0.3 is 6.09 Å². The lowest BCUT2D eigenvalue weighted by atomic mass is 10.2. The maximum Gasteiger partial charge on any atom is 0.414 e. The molecule has 0 aliphatic heterocycles. The van der Waals surface area contributed by atoms with Crippen LogP contribution in [0.2, 0.25) is 0 Å². The molecule has 0 atom stereocenters. The fourth-order valence-corrected chi connectivity index (χ4v) is 3.43. The quantitative estimate of drug-likeness (QED) is 0.236. The van der Waals surface area contributed by atoms with E-state index in [2.05, 4.69) is 25.8 Å². The first-order valence-electron chi connectivity index (χ1n) is 12.4. The third kappa shape index (κ3) is 13.3. The fraction of sp³-hybridized carbons (Fsp3) is 0.731. The summed E-state index contributed by atoms with van der Waals surface area (Å²) in [5, 5.41) is 0. The molecule has 1 amide bonds. The number of hydrogen-bond donors (Lipinski definition) is 0. The van der Waals surface area contributed by atoms with Gasteiger partial charge in [0.1, 0.15) is 5.75 Å². The lowest BCUT2D eigenvalue weighted by molar-refractivity contribution is 0.152. The largest absolute Gasteiger partial charge is 0.494 e. The Balaban J connectivity index is 2.14. The molecule has 5 heteroatoms. The first-order valence-corrected chi connectivity index (χ1v) is 12.4. The summed E-state index contributed by atoms with van der Waals surface area (Å²) in [6.07, 6.45) is 12.8. The maximum atomic E-state index is 12.1. The lowest BCUT2D eigenvalue weighted by Crippen LogP contribution is -2.27. The van der Waals surface area contributed by atoms with Crippen LogP contribution in [0, 0.1) is 0 Å². The number of anilines is 1. The van der Waals surface area contributed by atoms with Crippen LogP contribution in [-0.2, 0) is 4.74 Å². The highest BCUT2D eigenvalue weighted by Crippen LogP contribution is 2.19. The molecule has 0 radical (unpaired) electrons. The summed E-state index contributed by atoms with van der Waals surface area (Å²) < 4.78 is 11.2. The van der Waals surface area contributed by atoms with Crippen molar-refractivity contribution >= 4 is 11.8 Å². The minimum Gasteiger partial charge on any atom is -0.494 e. The van der Waals surface area contributed by atoms with Crippen molar-refractivity contribution in [1.29, 1.82) is 0 Å². The lowest BCUT2D eigenvalue weighted by Gasteiger charge is -2.17. The van der Waals surface area contributed by atoms with Gasteiger partial charge < -0.3 is 14.4 Å². The number of amides is 1. The summed E-state index contributed by atoms with van der Waals surface area (Å²) >= 11 is 0. The van der Waals surface area contributed by atoms with Crippen LogP contribution in [0.15, 0.2) is 24.3 Å². The van der Waals surface area contributed by atoms with Gasteiger partial charge in [-0.3, -0.25) is 4.90 Å². The number of nitrogens with zero attached hydrogens (tertiary/aromatic N) is 2. The van der Waals surface area contributed by atoms with Crippen molar-refractivity contribution < 1.29 is 14.3 Å². The van der Waals surface area contributed by atoms with Crippen molar-refractivity contribution in [3.8, 4) is 5.75 Å². The minimum absolute atomic E-state index is 0.304. The molecule has 178 valence electrons. The van der Waals surface area contributed by atoms with Crippen LogP contribution < -0.4 is 9.64 Å². The van der Waals surface area contributed by atoms with Crippen molar-refractivity contribution in [2.24, 2.45) is 0 Å². The van der Waals surface area contributed by atoms with Crippen molar-refractivity contribution in [1.82, 2.24) is 4.90 Å². The summed E-state index contributed by atoms with van der Waals surface area (Å²) in [5.74, 6) is 0.848. The van der Waals surface area contributed by atoms with Gasteiger partial charge in [-0.25, -0.2) is 4.79 Å². The molecule has 0 saturated carbocycles. The molecule has 0 aliphatic rings. The molecular weight excluding hydrogens is 388 g/mol. The van der Waals surface area contributed by atoms with Crippen LogP contribution in [0.4, 0.5) is 10.5 Å². The number of unbranched alkanes of at least 4 members (excludes halogenated alkanes) is 8. The molecule has 0 aromatic heterocycles. The molecule has 0 N–H and O–H groups in total. The molecule has 31 heavy (non-hydrogen) atoms. The Labute approximate surface area is 191 Å². The highest BCUT2D eigenvalue weighted by atomic mass is 16.6. The maximum absolute atomic E-state index is 12.1. The van der Waals surface area contributed by atoms with Crippen molar-refractivity contribution in [3.05, 3.63) is 24.3 Å². The van der Waals surface area contributed by atoms with E-state index in [-0.39, 0.29) is 6.09 Å². The van der Waals surface area contributed by atoms with Crippen LogP contribution >= 0.6 is 0 Å². The van der Waals surface area contributed by atoms with E-state index in [1.54, 1.807) is 11.9 Å². The molecular formula is C26H46N2O3. The zero-order valence-electron chi connectivity index (χ0n) is 20.5. The first-order chi connectivity index (χ1) is 15.1. The molecule has 1 aromatic rings. The smallest absolute Gasteiger partial charge is 0.414 e. The van der Waals surface area contributed by atoms with Crippen molar-refractivity contribution in [2.45, 2.75) is 84.5 Å². The van der Waals surface area contributed by atoms with Crippen LogP contribution in [0.5, 0.6) is 5.75 Å². The van der Waals surface area contributed by atoms with Gasteiger partial charge in [0.15, 0.2) is 0 Å². The molecule has 0 bridgehead atoms. The molecule has 0 saturated heterocycles. The zero-order valence-corrected chi connectivity index (χ0v) is 20.5. The molecule has 0 spiro atoms. The Hall–Kier alpha value is -1.75. The third-order valence-corrected chi connectivity index (χ3v) is 5.57. The van der Waals surface area contributed by atoms with E-state index in [9.17, 15) is 4.79 Å². The number of rotatable bonds is 18. The monoisotopic (exact) mass is 434 g/mol. The average molecular weight is 435 g/mol. The fourth-order valence-electron chi connectivity index (χ4n) is 3.43. The second kappa shape index (κ2) is 17.9. The normalized spacial score (nSPS) is 11.0. The summed E-state index contributed by atoms with van der Waals surface area (Å²) in [4.78, 5) is 16.1. The Bertz CT molecular complexity index is 562. The van der Waals surface area contributed by atoms with E-state index in [0.29, 0.717) is 6.61 Å². The first kappa shape index (κ1) is 27.3. The summed E-state index contributed by atoms with van der Waals surface area (Å²) in [5.41, 5.74) is 0.814. The second-order valence-electron chi connectivity index (χ2n) is 8.50. The molecule has 1 aromatic carbocycles. The van der Waals surface area contributed by atoms with Gasteiger partial charge in [-0.1, -0.05) is 58.8 Å². The minimum atomic E-state index is -0.304. The van der Waals surface area contributed by atoms with E-state index in [1.807, 2.05) is 24.3 Å². The Morgan fingerprint density at radius 3 is 1.97 bits per heavy atom. The number of hydrogen-bond acceptors (Lipinski definition) is 4. The van der Waals surface area contributed by atoms with E-state index in [1.165, 1.54) is 64.5 Å². The molecule has 0 aliphatic carbocycles. The van der Waals surface area contributed by atoms with Crippen LogP contribution in [0.1, 0.15) is 84.5 Å². The topological polar surface area (TPSA) is 42.0 Å². The van der Waals surface area contributed by atoms with Gasteiger partial charge in [0.2, 0.25) is 0 Å². The standard InChI is InChI=1S/C26H46N2O3/c1-5-7-9-14-23-31-26(29)28(4)24-16-18-25(19-17-24)30-22-15-11-10-13-21-27(3)20-12-8-6-2/h16-19H,5-15,20-23H2,1-4H3. The average Bonchev–Trinajstić information content (AvgIpc) is 2.78. The highest BCUT2D eigenvalue weighted by molar-refractivity contribution is 5.86.